The van der Waals surface area contributed by atoms with E-state index in [2.05, 4.69) is 22.0 Å². The number of methoxy groups -OCH3 is 2. The van der Waals surface area contributed by atoms with Gasteiger partial charge in [0.05, 0.1) is 18.7 Å². The second kappa shape index (κ2) is 3.67. The number of benzene rings is 1. The third-order valence-electron chi connectivity index (χ3n) is 1.40. The Kier molecular flexibility index (Phi) is 2.81. The predicted octanol–water partition coefficient (Wildman–Crippen LogP) is 1.97. The molecule has 12 heavy (non-hydrogen) atoms. The molecule has 1 rings (SSSR count). The van der Waals surface area contributed by atoms with Crippen molar-refractivity contribution in [1.29, 1.82) is 0 Å². The topological polar surface area (TPSA) is 38.7 Å². The molecule has 0 bridgehead atoms. The first-order valence-electron chi connectivity index (χ1n) is 3.21. The zero-order valence-corrected chi connectivity index (χ0v) is 8.31. The highest BCUT2D eigenvalue weighted by atomic mass is 79.9. The summed E-state index contributed by atoms with van der Waals surface area (Å²) in [6.45, 7) is 0. The van der Waals surface area contributed by atoms with Crippen molar-refractivity contribution >= 4 is 15.9 Å². The fourth-order valence-corrected chi connectivity index (χ4v) is 1.28. The number of phenolic OH excluding ortho intramolecular Hbond substituents is 1. The van der Waals surface area contributed by atoms with E-state index in [-0.39, 0.29) is 5.75 Å². The smallest absolute Gasteiger partial charge is 0.201 e. The van der Waals surface area contributed by atoms with Crippen LogP contribution in [-0.2, 0) is 0 Å². The summed E-state index contributed by atoms with van der Waals surface area (Å²) in [4.78, 5) is 0. The van der Waals surface area contributed by atoms with Crippen molar-refractivity contribution in [3.63, 3.8) is 0 Å². The van der Waals surface area contributed by atoms with Gasteiger partial charge in [0.25, 0.3) is 0 Å². The second-order valence-corrected chi connectivity index (χ2v) is 2.85. The van der Waals surface area contributed by atoms with Crippen molar-refractivity contribution in [3.8, 4) is 17.2 Å². The zero-order valence-electron chi connectivity index (χ0n) is 6.72. The van der Waals surface area contributed by atoms with Gasteiger partial charge in [-0.1, -0.05) is 0 Å². The quantitative estimate of drug-likeness (QED) is 0.847. The Morgan fingerprint density at radius 1 is 1.42 bits per heavy atom. The molecule has 0 spiro atoms. The molecule has 0 saturated heterocycles. The number of hydrogen-bond donors (Lipinski definition) is 1. The van der Waals surface area contributed by atoms with Crippen molar-refractivity contribution in [2.24, 2.45) is 0 Å². The van der Waals surface area contributed by atoms with Gasteiger partial charge < -0.3 is 14.6 Å². The minimum absolute atomic E-state index is 0.0226. The second-order valence-electron chi connectivity index (χ2n) is 2.05. The van der Waals surface area contributed by atoms with Crippen molar-refractivity contribution in [3.05, 3.63) is 16.6 Å². The maximum Gasteiger partial charge on any atom is 0.201 e. The number of ether oxygens (including phenoxy) is 2. The van der Waals surface area contributed by atoms with Gasteiger partial charge in [0.2, 0.25) is 5.75 Å². The average molecular weight is 232 g/mol. The largest absolute Gasteiger partial charge is 0.502 e. The Labute approximate surface area is 79.1 Å². The van der Waals surface area contributed by atoms with Gasteiger partial charge in [-0.05, 0) is 22.0 Å². The monoisotopic (exact) mass is 231 g/mol. The van der Waals surface area contributed by atoms with Crippen LogP contribution in [-0.4, -0.2) is 19.3 Å². The first-order chi connectivity index (χ1) is 5.70. The van der Waals surface area contributed by atoms with E-state index >= 15 is 0 Å². The van der Waals surface area contributed by atoms with Gasteiger partial charge in [0, 0.05) is 6.07 Å². The minimum atomic E-state index is -0.0226. The summed E-state index contributed by atoms with van der Waals surface area (Å²) in [6.07, 6.45) is 0. The first-order valence-corrected chi connectivity index (χ1v) is 4.01. The summed E-state index contributed by atoms with van der Waals surface area (Å²) in [5.41, 5.74) is 0. The number of phenols is 1. The summed E-state index contributed by atoms with van der Waals surface area (Å²) in [5, 5.41) is 9.47. The van der Waals surface area contributed by atoms with Crippen LogP contribution < -0.4 is 9.47 Å². The Bertz CT molecular complexity index is 286. The molecule has 0 unspecified atom stereocenters. The van der Waals surface area contributed by atoms with E-state index in [4.69, 9.17) is 9.47 Å². The number of halogens is 1. The lowest BCUT2D eigenvalue weighted by molar-refractivity contribution is 0.338. The third-order valence-corrected chi connectivity index (χ3v) is 1.99. The molecule has 4 heteroatoms. The van der Waals surface area contributed by atoms with Crippen LogP contribution >= 0.6 is 15.9 Å². The van der Waals surface area contributed by atoms with Crippen LogP contribution in [0.3, 0.4) is 0 Å². The average Bonchev–Trinajstić information content (AvgIpc) is 2.06. The molecule has 0 aliphatic heterocycles. The van der Waals surface area contributed by atoms with Gasteiger partial charge in [-0.2, -0.15) is 0 Å². The fraction of sp³-hybridized carbons (Fsp3) is 0.250. The van der Waals surface area contributed by atoms with Crippen LogP contribution in [0.5, 0.6) is 17.2 Å². The standard InChI is InChI=1S/C8H8BrO3/c1-11-6-4-3-5(9)8(12-2)7(6)10/h4,10H,1-2H3. The summed E-state index contributed by atoms with van der Waals surface area (Å²) in [5.74, 6) is 0.648. The highest BCUT2D eigenvalue weighted by Crippen LogP contribution is 2.40. The summed E-state index contributed by atoms with van der Waals surface area (Å²) < 4.78 is 10.3. The lowest BCUT2D eigenvalue weighted by Crippen LogP contribution is -1.89. The van der Waals surface area contributed by atoms with Gasteiger partial charge in [0.15, 0.2) is 11.5 Å². The molecule has 0 aliphatic rings. The molecule has 0 heterocycles. The van der Waals surface area contributed by atoms with Gasteiger partial charge >= 0.3 is 0 Å². The minimum Gasteiger partial charge on any atom is -0.502 e. The van der Waals surface area contributed by atoms with Gasteiger partial charge in [-0.25, -0.2) is 0 Å². The molecule has 1 aromatic carbocycles. The highest BCUT2D eigenvalue weighted by Gasteiger charge is 2.11. The van der Waals surface area contributed by atoms with Crippen LogP contribution in [0.1, 0.15) is 0 Å². The summed E-state index contributed by atoms with van der Waals surface area (Å²) >= 11 is 3.17. The van der Waals surface area contributed by atoms with E-state index in [0.717, 1.165) is 0 Å². The Morgan fingerprint density at radius 3 is 2.58 bits per heavy atom. The molecule has 1 N–H and O–H groups in total. The maximum absolute atomic E-state index is 9.47. The van der Waals surface area contributed by atoms with Crippen LogP contribution in [0, 0.1) is 6.07 Å². The van der Waals surface area contributed by atoms with Crippen LogP contribution in [0.4, 0.5) is 0 Å². The molecule has 0 saturated carbocycles. The Hall–Kier alpha value is -0.900. The molecular weight excluding hydrogens is 224 g/mol. The predicted molar refractivity (Wildman–Crippen MR) is 47.7 cm³/mol. The molecule has 65 valence electrons. The van der Waals surface area contributed by atoms with E-state index in [1.54, 1.807) is 0 Å². The Morgan fingerprint density at radius 2 is 2.08 bits per heavy atom. The lowest BCUT2D eigenvalue weighted by Gasteiger charge is -2.08. The van der Waals surface area contributed by atoms with E-state index in [0.29, 0.717) is 16.0 Å². The van der Waals surface area contributed by atoms with Crippen molar-refractivity contribution in [2.75, 3.05) is 14.2 Å². The molecule has 1 aromatic rings. The molecule has 0 aromatic heterocycles. The summed E-state index contributed by atoms with van der Waals surface area (Å²) in [6, 6.07) is 4.35. The van der Waals surface area contributed by atoms with Crippen LogP contribution in [0.25, 0.3) is 0 Å². The van der Waals surface area contributed by atoms with Crippen LogP contribution in [0.2, 0.25) is 0 Å². The van der Waals surface area contributed by atoms with E-state index < -0.39 is 0 Å². The van der Waals surface area contributed by atoms with Gasteiger partial charge in [-0.15, -0.1) is 0 Å². The molecule has 0 atom stereocenters. The highest BCUT2D eigenvalue weighted by molar-refractivity contribution is 9.10. The molecule has 3 nitrogen and oxygen atoms in total. The zero-order chi connectivity index (χ0) is 9.14. The lowest BCUT2D eigenvalue weighted by atomic mass is 10.3. The summed E-state index contributed by atoms with van der Waals surface area (Å²) in [7, 11) is 2.93. The van der Waals surface area contributed by atoms with E-state index in [9.17, 15) is 5.11 Å². The first kappa shape index (κ1) is 9.19. The Balaban J connectivity index is 3.24. The number of aromatic hydroxyl groups is 1. The van der Waals surface area contributed by atoms with Gasteiger partial charge in [0.1, 0.15) is 0 Å². The van der Waals surface area contributed by atoms with Crippen molar-refractivity contribution in [1.82, 2.24) is 0 Å². The molecular formula is C8H8BrO3. The van der Waals surface area contributed by atoms with Gasteiger partial charge in [-0.3, -0.25) is 0 Å². The van der Waals surface area contributed by atoms with Crippen LogP contribution in [0.15, 0.2) is 10.5 Å². The fourth-order valence-electron chi connectivity index (χ4n) is 0.821. The van der Waals surface area contributed by atoms with E-state index in [1.165, 1.54) is 20.3 Å². The molecule has 0 amide bonds. The molecule has 1 radical (unpaired) electrons. The van der Waals surface area contributed by atoms with Crippen molar-refractivity contribution in [2.45, 2.75) is 0 Å². The maximum atomic E-state index is 9.47. The van der Waals surface area contributed by atoms with Crippen molar-refractivity contribution < 1.29 is 14.6 Å². The number of hydrogen-bond acceptors (Lipinski definition) is 3. The normalized spacial score (nSPS) is 9.58. The molecule has 0 fully saturated rings. The number of rotatable bonds is 2. The third kappa shape index (κ3) is 1.48. The SMILES string of the molecule is COc1c[c]c(Br)c(OC)c1O. The molecule has 0 aliphatic carbocycles. The van der Waals surface area contributed by atoms with E-state index in [1.807, 2.05) is 0 Å².